The van der Waals surface area contributed by atoms with Crippen molar-refractivity contribution in [1.82, 2.24) is 15.0 Å². The Morgan fingerprint density at radius 3 is 2.67 bits per heavy atom. The Hall–Kier alpha value is -3.22. The van der Waals surface area contributed by atoms with Gasteiger partial charge in [-0.1, -0.05) is 18.2 Å². The topological polar surface area (TPSA) is 108 Å². The third-order valence-corrected chi connectivity index (χ3v) is 2.91. The second kappa shape index (κ2) is 5.04. The van der Waals surface area contributed by atoms with Crippen molar-refractivity contribution < 1.29 is 14.7 Å². The molecular weight excluding hydrogens is 272 g/mol. The summed E-state index contributed by atoms with van der Waals surface area (Å²) in [6.45, 7) is 0. The lowest BCUT2D eigenvalue weighted by atomic mass is 10.2. The minimum atomic E-state index is -1.25. The lowest BCUT2D eigenvalue weighted by Crippen LogP contribution is -2.17. The number of H-pyrrole nitrogens is 1. The van der Waals surface area contributed by atoms with Crippen molar-refractivity contribution in [2.24, 2.45) is 0 Å². The Kier molecular flexibility index (Phi) is 3.07. The number of carboxylic acids is 1. The highest BCUT2D eigenvalue weighted by Crippen LogP contribution is 2.16. The Balaban J connectivity index is 1.91. The van der Waals surface area contributed by atoms with E-state index in [9.17, 15) is 9.59 Å². The molecule has 1 amide bonds. The lowest BCUT2D eigenvalue weighted by molar-refractivity contribution is 0.0691. The van der Waals surface area contributed by atoms with Gasteiger partial charge in [0.2, 0.25) is 0 Å². The fourth-order valence-electron chi connectivity index (χ4n) is 1.96. The molecule has 7 nitrogen and oxygen atoms in total. The summed E-state index contributed by atoms with van der Waals surface area (Å²) in [5, 5.41) is 12.3. The zero-order valence-corrected chi connectivity index (χ0v) is 10.7. The van der Waals surface area contributed by atoms with Crippen LogP contribution in [0.2, 0.25) is 0 Å². The summed E-state index contributed by atoms with van der Waals surface area (Å²) in [6.07, 6.45) is 2.56. The molecule has 3 aromatic rings. The van der Waals surface area contributed by atoms with E-state index in [1.807, 2.05) is 24.3 Å². The van der Waals surface area contributed by atoms with Gasteiger partial charge in [-0.2, -0.15) is 0 Å². The average molecular weight is 282 g/mol. The molecule has 2 heterocycles. The van der Waals surface area contributed by atoms with Crippen molar-refractivity contribution >= 4 is 28.6 Å². The molecule has 0 saturated heterocycles. The molecule has 0 aliphatic heterocycles. The van der Waals surface area contributed by atoms with Crippen LogP contribution in [0, 0.1) is 0 Å². The predicted octanol–water partition coefficient (Wildman–Crippen LogP) is 1.91. The number of amides is 1. The number of nitrogens with one attached hydrogen (secondary N) is 2. The van der Waals surface area contributed by atoms with Gasteiger partial charge in [-0.15, -0.1) is 0 Å². The average Bonchev–Trinajstić information content (AvgIpc) is 2.91. The van der Waals surface area contributed by atoms with Crippen molar-refractivity contribution in [2.45, 2.75) is 0 Å². The van der Waals surface area contributed by atoms with E-state index in [-0.39, 0.29) is 11.5 Å². The summed E-state index contributed by atoms with van der Waals surface area (Å²) in [4.78, 5) is 33.6. The van der Waals surface area contributed by atoms with Gasteiger partial charge in [-0.05, 0) is 12.1 Å². The molecule has 0 aliphatic rings. The number of aromatic amines is 1. The van der Waals surface area contributed by atoms with Crippen LogP contribution in [0.25, 0.3) is 10.9 Å². The lowest BCUT2D eigenvalue weighted by Gasteiger charge is -2.04. The molecule has 0 saturated carbocycles. The number of rotatable bonds is 3. The van der Waals surface area contributed by atoms with Crippen LogP contribution in [0.5, 0.6) is 0 Å². The number of carboxylic acid groups (broad SMARTS) is 1. The SMILES string of the molecule is O=C(Nc1nccnc1C(=O)O)c1cc2ccccc2[nH]1. The maximum absolute atomic E-state index is 12.2. The van der Waals surface area contributed by atoms with Crippen LogP contribution in [0.4, 0.5) is 5.82 Å². The highest BCUT2D eigenvalue weighted by atomic mass is 16.4. The molecule has 3 N–H and O–H groups in total. The van der Waals surface area contributed by atoms with Crippen LogP contribution in [0.15, 0.2) is 42.7 Å². The molecule has 0 aliphatic carbocycles. The molecule has 0 atom stereocenters. The minimum absolute atomic E-state index is 0.0892. The predicted molar refractivity (Wildman–Crippen MR) is 75.2 cm³/mol. The van der Waals surface area contributed by atoms with Gasteiger partial charge in [0.25, 0.3) is 5.91 Å². The van der Waals surface area contributed by atoms with Crippen LogP contribution < -0.4 is 5.32 Å². The first-order chi connectivity index (χ1) is 10.1. The van der Waals surface area contributed by atoms with E-state index in [0.29, 0.717) is 5.69 Å². The van der Waals surface area contributed by atoms with Gasteiger partial charge in [0.1, 0.15) is 5.69 Å². The largest absolute Gasteiger partial charge is 0.476 e. The van der Waals surface area contributed by atoms with Crippen LogP contribution in [-0.2, 0) is 0 Å². The Labute approximate surface area is 118 Å². The summed E-state index contributed by atoms with van der Waals surface area (Å²) < 4.78 is 0. The number of para-hydroxylation sites is 1. The number of hydrogen-bond donors (Lipinski definition) is 3. The number of fused-ring (bicyclic) bond motifs is 1. The number of anilines is 1. The normalized spacial score (nSPS) is 10.5. The summed E-state index contributed by atoms with van der Waals surface area (Å²) in [5.41, 5.74) is 0.834. The third kappa shape index (κ3) is 2.44. The van der Waals surface area contributed by atoms with Gasteiger partial charge in [0.15, 0.2) is 11.5 Å². The molecule has 1 aromatic carbocycles. The maximum Gasteiger partial charge on any atom is 0.358 e. The van der Waals surface area contributed by atoms with Crippen molar-refractivity contribution in [3.8, 4) is 0 Å². The van der Waals surface area contributed by atoms with E-state index >= 15 is 0 Å². The van der Waals surface area contributed by atoms with E-state index in [1.54, 1.807) is 6.07 Å². The van der Waals surface area contributed by atoms with E-state index in [2.05, 4.69) is 20.3 Å². The molecular formula is C14H10N4O3. The Bertz CT molecular complexity index is 808. The molecule has 21 heavy (non-hydrogen) atoms. The number of aromatic carboxylic acids is 1. The molecule has 0 unspecified atom stereocenters. The summed E-state index contributed by atoms with van der Waals surface area (Å²) in [7, 11) is 0. The van der Waals surface area contributed by atoms with Gasteiger partial charge >= 0.3 is 5.97 Å². The molecule has 0 bridgehead atoms. The molecule has 2 aromatic heterocycles. The van der Waals surface area contributed by atoms with Crippen LogP contribution in [-0.4, -0.2) is 31.9 Å². The van der Waals surface area contributed by atoms with Crippen molar-refractivity contribution in [3.63, 3.8) is 0 Å². The van der Waals surface area contributed by atoms with Crippen LogP contribution in [0.3, 0.4) is 0 Å². The highest BCUT2D eigenvalue weighted by Gasteiger charge is 2.17. The minimum Gasteiger partial charge on any atom is -0.476 e. The van der Waals surface area contributed by atoms with Crippen molar-refractivity contribution in [2.75, 3.05) is 5.32 Å². The van der Waals surface area contributed by atoms with Gasteiger partial charge < -0.3 is 15.4 Å². The van der Waals surface area contributed by atoms with Gasteiger partial charge in [-0.25, -0.2) is 14.8 Å². The Morgan fingerprint density at radius 1 is 1.14 bits per heavy atom. The fraction of sp³-hybridized carbons (Fsp3) is 0. The first-order valence-corrected chi connectivity index (χ1v) is 6.08. The molecule has 3 rings (SSSR count). The zero-order valence-electron chi connectivity index (χ0n) is 10.7. The fourth-order valence-corrected chi connectivity index (χ4v) is 1.96. The van der Waals surface area contributed by atoms with Gasteiger partial charge in [0.05, 0.1) is 0 Å². The van der Waals surface area contributed by atoms with Crippen molar-refractivity contribution in [1.29, 1.82) is 0 Å². The molecule has 7 heteroatoms. The van der Waals surface area contributed by atoms with Gasteiger partial charge in [0, 0.05) is 23.3 Å². The molecule has 0 fully saturated rings. The standard InChI is InChI=1S/C14H10N4O3/c19-13(10-7-8-3-1-2-4-9(8)17-10)18-12-11(14(20)21)15-5-6-16-12/h1-7,17H,(H,20,21)(H,16,18,19). The number of aromatic nitrogens is 3. The second-order valence-corrected chi connectivity index (χ2v) is 4.28. The zero-order chi connectivity index (χ0) is 14.8. The summed E-state index contributed by atoms with van der Waals surface area (Å²) >= 11 is 0. The molecule has 0 radical (unpaired) electrons. The summed E-state index contributed by atoms with van der Waals surface area (Å²) in [5.74, 6) is -1.82. The van der Waals surface area contributed by atoms with Crippen LogP contribution in [0.1, 0.15) is 21.0 Å². The number of hydrogen-bond acceptors (Lipinski definition) is 4. The first kappa shape index (κ1) is 12.8. The number of carbonyl (C=O) groups excluding carboxylic acids is 1. The molecule has 0 spiro atoms. The van der Waals surface area contributed by atoms with E-state index in [4.69, 9.17) is 5.11 Å². The van der Waals surface area contributed by atoms with Gasteiger partial charge in [-0.3, -0.25) is 4.79 Å². The number of benzene rings is 1. The maximum atomic E-state index is 12.2. The number of carbonyl (C=O) groups is 2. The smallest absolute Gasteiger partial charge is 0.358 e. The molecule has 104 valence electrons. The Morgan fingerprint density at radius 2 is 1.90 bits per heavy atom. The quantitative estimate of drug-likeness (QED) is 0.680. The number of nitrogens with zero attached hydrogens (tertiary/aromatic N) is 2. The first-order valence-electron chi connectivity index (χ1n) is 6.08. The van der Waals surface area contributed by atoms with E-state index in [0.717, 1.165) is 10.9 Å². The highest BCUT2D eigenvalue weighted by molar-refractivity contribution is 6.07. The van der Waals surface area contributed by atoms with Crippen molar-refractivity contribution in [3.05, 3.63) is 54.1 Å². The summed E-state index contributed by atoms with van der Waals surface area (Å²) in [6, 6.07) is 9.11. The van der Waals surface area contributed by atoms with E-state index in [1.165, 1.54) is 12.4 Å². The van der Waals surface area contributed by atoms with E-state index < -0.39 is 11.9 Å². The third-order valence-electron chi connectivity index (χ3n) is 2.91. The second-order valence-electron chi connectivity index (χ2n) is 4.28. The monoisotopic (exact) mass is 282 g/mol. The van der Waals surface area contributed by atoms with Crippen LogP contribution >= 0.6 is 0 Å².